The molecule has 0 radical (unpaired) electrons. The number of fused-ring (bicyclic) bond motifs is 6. The van der Waals surface area contributed by atoms with Gasteiger partial charge in [-0.25, -0.2) is 0 Å². The maximum absolute atomic E-state index is 2.47. The van der Waals surface area contributed by atoms with Crippen LogP contribution in [0.3, 0.4) is 0 Å². The van der Waals surface area contributed by atoms with Gasteiger partial charge in [0.05, 0.1) is 5.69 Å². The van der Waals surface area contributed by atoms with Gasteiger partial charge in [0.15, 0.2) is 0 Å². The van der Waals surface area contributed by atoms with E-state index in [1.165, 1.54) is 114 Å². The molecule has 0 aliphatic rings. The molecule has 2 heteroatoms. The van der Waals surface area contributed by atoms with Crippen LogP contribution in [-0.4, -0.2) is 0 Å². The minimum absolute atomic E-state index is 1.09. The van der Waals surface area contributed by atoms with Gasteiger partial charge >= 0.3 is 0 Å². The van der Waals surface area contributed by atoms with E-state index in [2.05, 4.69) is 290 Å². The van der Waals surface area contributed by atoms with E-state index in [1.54, 1.807) is 0 Å². The van der Waals surface area contributed by atoms with Gasteiger partial charge in [-0.3, -0.25) is 0 Å². The Morgan fingerprint density at radius 2 is 0.716 bits per heavy atom. The Morgan fingerprint density at radius 1 is 0.243 bits per heavy atom. The predicted molar refractivity (Wildman–Crippen MR) is 319 cm³/mol. The van der Waals surface area contributed by atoms with Crippen molar-refractivity contribution >= 4 is 80.9 Å². The van der Waals surface area contributed by atoms with Crippen LogP contribution in [0.4, 0.5) is 17.1 Å². The number of nitrogens with zero attached hydrogens (tertiary/aromatic N) is 1. The molecule has 14 rings (SSSR count). The zero-order chi connectivity index (χ0) is 49.0. The highest BCUT2D eigenvalue weighted by molar-refractivity contribution is 7.26. The molecule has 0 bridgehead atoms. The Morgan fingerprint density at radius 3 is 1.42 bits per heavy atom. The number of rotatable bonds is 9. The summed E-state index contributed by atoms with van der Waals surface area (Å²) in [6, 6.07) is 105. The maximum Gasteiger partial charge on any atom is 0.0555 e. The van der Waals surface area contributed by atoms with Gasteiger partial charge < -0.3 is 4.90 Å². The van der Waals surface area contributed by atoms with E-state index in [0.29, 0.717) is 0 Å². The minimum atomic E-state index is 1.09. The third-order valence-corrected chi connectivity index (χ3v) is 16.1. The minimum Gasteiger partial charge on any atom is -0.310 e. The maximum atomic E-state index is 2.47. The van der Waals surface area contributed by atoms with Crippen molar-refractivity contribution in [3.63, 3.8) is 0 Å². The van der Waals surface area contributed by atoms with Crippen molar-refractivity contribution in [1.29, 1.82) is 0 Å². The molecule has 0 spiro atoms. The van der Waals surface area contributed by atoms with E-state index in [1.807, 2.05) is 11.3 Å². The monoisotopic (exact) mass is 957 g/mol. The quantitative estimate of drug-likeness (QED) is 0.139. The van der Waals surface area contributed by atoms with Crippen molar-refractivity contribution < 1.29 is 0 Å². The molecule has 1 nitrogen and oxygen atoms in total. The van der Waals surface area contributed by atoms with Crippen LogP contribution >= 0.6 is 11.3 Å². The van der Waals surface area contributed by atoms with Crippen molar-refractivity contribution in [2.45, 2.75) is 0 Å². The molecule has 14 aromatic rings. The molecule has 0 saturated carbocycles. The summed E-state index contributed by atoms with van der Waals surface area (Å²) in [5.41, 5.74) is 17.8. The van der Waals surface area contributed by atoms with Crippen molar-refractivity contribution in [2.24, 2.45) is 0 Å². The summed E-state index contributed by atoms with van der Waals surface area (Å²) >= 11 is 1.89. The Balaban J connectivity index is 0.910. The second-order valence-corrected chi connectivity index (χ2v) is 20.2. The molecule has 0 amide bonds. The molecule has 0 aliphatic carbocycles. The number of benzene rings is 13. The number of thiophene rings is 1. The van der Waals surface area contributed by atoms with Crippen LogP contribution in [0.25, 0.3) is 119 Å². The van der Waals surface area contributed by atoms with Crippen molar-refractivity contribution in [3.8, 4) is 66.8 Å². The lowest BCUT2D eigenvalue weighted by Crippen LogP contribution is -2.10. The van der Waals surface area contributed by atoms with E-state index < -0.39 is 0 Å². The van der Waals surface area contributed by atoms with Gasteiger partial charge in [-0.2, -0.15) is 0 Å². The van der Waals surface area contributed by atoms with E-state index in [4.69, 9.17) is 0 Å². The Bertz CT molecular complexity index is 4420. The average Bonchev–Trinajstić information content (AvgIpc) is 3.90. The lowest BCUT2D eigenvalue weighted by Gasteiger charge is -2.27. The number of anilines is 3. The molecule has 0 fully saturated rings. The highest BCUT2D eigenvalue weighted by Gasteiger charge is 2.23. The normalized spacial score (nSPS) is 11.5. The molecule has 1 aromatic heterocycles. The fourth-order valence-electron chi connectivity index (χ4n) is 11.3. The first kappa shape index (κ1) is 43.4. The van der Waals surface area contributed by atoms with Crippen LogP contribution in [0.15, 0.2) is 285 Å². The largest absolute Gasteiger partial charge is 0.310 e. The van der Waals surface area contributed by atoms with Gasteiger partial charge in [-0.15, -0.1) is 11.3 Å². The molecule has 346 valence electrons. The van der Waals surface area contributed by atoms with Gasteiger partial charge in [0.2, 0.25) is 0 Å². The van der Waals surface area contributed by atoms with Gasteiger partial charge in [0, 0.05) is 37.1 Å². The van der Waals surface area contributed by atoms with Crippen LogP contribution in [0.1, 0.15) is 0 Å². The van der Waals surface area contributed by atoms with Crippen LogP contribution in [0.2, 0.25) is 0 Å². The first-order valence-corrected chi connectivity index (χ1v) is 26.2. The first-order chi connectivity index (χ1) is 36.7. The van der Waals surface area contributed by atoms with Crippen molar-refractivity contribution in [3.05, 3.63) is 285 Å². The van der Waals surface area contributed by atoms with E-state index >= 15 is 0 Å². The second kappa shape index (κ2) is 18.4. The SMILES string of the molecule is c1cc(-c2ccc(N(c3ccc(-c4ccccc4-c4ccccc4-c4ccc5ccccc5c4)cc3)c3ccc(-c4cccc5ccccc45)c4sc5ccccc5c34)cc2)cc(-c2cccc3ccccc23)c1. The molecule has 0 saturated heterocycles. The topological polar surface area (TPSA) is 3.24 Å². The zero-order valence-electron chi connectivity index (χ0n) is 40.5. The smallest absolute Gasteiger partial charge is 0.0555 e. The van der Waals surface area contributed by atoms with Gasteiger partial charge in [0.1, 0.15) is 0 Å². The highest BCUT2D eigenvalue weighted by atomic mass is 32.1. The summed E-state index contributed by atoms with van der Waals surface area (Å²) in [7, 11) is 0. The average molecular weight is 958 g/mol. The zero-order valence-corrected chi connectivity index (χ0v) is 41.3. The molecule has 0 aliphatic heterocycles. The fraction of sp³-hybridized carbons (Fsp3) is 0. The van der Waals surface area contributed by atoms with Crippen molar-refractivity contribution in [1.82, 2.24) is 0 Å². The Kier molecular flexibility index (Phi) is 10.8. The van der Waals surface area contributed by atoms with Crippen LogP contribution < -0.4 is 4.90 Å². The lowest BCUT2D eigenvalue weighted by atomic mass is 9.89. The van der Waals surface area contributed by atoms with Crippen LogP contribution in [-0.2, 0) is 0 Å². The Labute approximate surface area is 435 Å². The van der Waals surface area contributed by atoms with Crippen LogP contribution in [0, 0.1) is 0 Å². The molecule has 1 heterocycles. The van der Waals surface area contributed by atoms with Gasteiger partial charge in [-0.1, -0.05) is 237 Å². The summed E-state index contributed by atoms with van der Waals surface area (Å²) in [5, 5.41) is 10.0. The summed E-state index contributed by atoms with van der Waals surface area (Å²) in [6.45, 7) is 0. The second-order valence-electron chi connectivity index (χ2n) is 19.2. The molecule has 0 unspecified atom stereocenters. The van der Waals surface area contributed by atoms with E-state index in [0.717, 1.165) is 22.6 Å². The third kappa shape index (κ3) is 7.63. The molecule has 0 N–H and O–H groups in total. The van der Waals surface area contributed by atoms with Gasteiger partial charge in [-0.05, 0) is 142 Å². The predicted octanol–water partition coefficient (Wildman–Crippen LogP) is 21.0. The molecular weight excluding hydrogens is 911 g/mol. The Hall–Kier alpha value is -9.34. The highest BCUT2D eigenvalue weighted by Crippen LogP contribution is 2.50. The summed E-state index contributed by atoms with van der Waals surface area (Å²) < 4.78 is 2.55. The summed E-state index contributed by atoms with van der Waals surface area (Å²) in [5.74, 6) is 0. The fourth-order valence-corrected chi connectivity index (χ4v) is 12.6. The van der Waals surface area contributed by atoms with Crippen molar-refractivity contribution in [2.75, 3.05) is 4.90 Å². The molecule has 13 aromatic carbocycles. The van der Waals surface area contributed by atoms with E-state index in [9.17, 15) is 0 Å². The summed E-state index contributed by atoms with van der Waals surface area (Å²) in [4.78, 5) is 2.47. The first-order valence-electron chi connectivity index (χ1n) is 25.4. The number of hydrogen-bond donors (Lipinski definition) is 0. The van der Waals surface area contributed by atoms with Gasteiger partial charge in [0.25, 0.3) is 0 Å². The molecular formula is C72H47NS. The lowest BCUT2D eigenvalue weighted by molar-refractivity contribution is 1.30. The number of hydrogen-bond acceptors (Lipinski definition) is 2. The standard InChI is InChI=1S/C72H47NS/c1-2-19-53-47-56(35-34-48(53)16-1)63-27-8-10-29-65(63)64-28-9-7-26-61(64)52-38-42-58(43-39-52)73(57-40-36-49(37-41-57)54-22-13-23-55(46-54)62-31-14-20-50-17-3-5-24-59(50)62)69-45-44-67(66-32-15-21-51-18-4-6-25-60(51)66)72-71(69)68-30-11-12-33-70(68)74-72/h1-47H. The molecule has 0 atom stereocenters. The van der Waals surface area contributed by atoms with E-state index in [-0.39, 0.29) is 0 Å². The summed E-state index contributed by atoms with van der Waals surface area (Å²) in [6.07, 6.45) is 0. The third-order valence-electron chi connectivity index (χ3n) is 14.9. The van der Waals surface area contributed by atoms with Crippen LogP contribution in [0.5, 0.6) is 0 Å². The molecule has 74 heavy (non-hydrogen) atoms.